The van der Waals surface area contributed by atoms with Gasteiger partial charge in [-0.25, -0.2) is 4.98 Å². The van der Waals surface area contributed by atoms with E-state index in [0.29, 0.717) is 0 Å². The zero-order chi connectivity index (χ0) is 14.9. The fraction of sp³-hybridized carbons (Fsp3) is 0.294. The molecule has 0 saturated carbocycles. The molecule has 0 unspecified atom stereocenters. The van der Waals surface area contributed by atoms with Crippen LogP contribution in [-0.2, 0) is 4.74 Å². The van der Waals surface area contributed by atoms with Gasteiger partial charge in [0, 0.05) is 30.2 Å². The van der Waals surface area contributed by atoms with Crippen molar-refractivity contribution in [1.82, 2.24) is 9.55 Å². The predicted molar refractivity (Wildman–Crippen MR) is 88.4 cm³/mol. The normalized spacial score (nSPS) is 16.2. The van der Waals surface area contributed by atoms with Crippen molar-refractivity contribution in [3.05, 3.63) is 52.4 Å². The van der Waals surface area contributed by atoms with Gasteiger partial charge in [0.05, 0.1) is 11.8 Å². The number of ether oxygens (including phenoxy) is 1. The van der Waals surface area contributed by atoms with Crippen LogP contribution in [0.15, 0.2) is 46.8 Å². The van der Waals surface area contributed by atoms with Gasteiger partial charge in [0.15, 0.2) is 0 Å². The molecule has 1 aromatic carbocycles. The molecule has 0 bridgehead atoms. The average Bonchev–Trinajstić information content (AvgIpc) is 3.02. The third-order valence-corrected chi connectivity index (χ3v) is 5.13. The molecule has 3 heterocycles. The first kappa shape index (κ1) is 13.7. The molecule has 4 nitrogen and oxygen atoms in total. The van der Waals surface area contributed by atoms with E-state index in [-0.39, 0.29) is 11.6 Å². The smallest absolute Gasteiger partial charge is 0.271 e. The van der Waals surface area contributed by atoms with Gasteiger partial charge in [0.25, 0.3) is 5.56 Å². The van der Waals surface area contributed by atoms with Crippen LogP contribution in [0.2, 0.25) is 0 Å². The second-order valence-electron chi connectivity index (χ2n) is 5.49. The van der Waals surface area contributed by atoms with Gasteiger partial charge in [-0.15, -0.1) is 11.3 Å². The van der Waals surface area contributed by atoms with Crippen LogP contribution in [0.25, 0.3) is 21.3 Å². The molecule has 3 aromatic rings. The first-order chi connectivity index (χ1) is 10.8. The third-order valence-electron chi connectivity index (χ3n) is 4.17. The second-order valence-corrected chi connectivity index (χ2v) is 6.37. The van der Waals surface area contributed by atoms with Crippen LogP contribution in [0.4, 0.5) is 0 Å². The average molecular weight is 312 g/mol. The summed E-state index contributed by atoms with van der Waals surface area (Å²) < 4.78 is 7.91. The van der Waals surface area contributed by atoms with E-state index >= 15 is 0 Å². The highest BCUT2D eigenvalue weighted by molar-refractivity contribution is 7.17. The Morgan fingerprint density at radius 1 is 1.18 bits per heavy atom. The van der Waals surface area contributed by atoms with Gasteiger partial charge in [-0.1, -0.05) is 30.3 Å². The van der Waals surface area contributed by atoms with Crippen molar-refractivity contribution in [2.75, 3.05) is 13.2 Å². The van der Waals surface area contributed by atoms with Crippen LogP contribution < -0.4 is 5.56 Å². The Labute approximate surface area is 132 Å². The summed E-state index contributed by atoms with van der Waals surface area (Å²) in [5, 5.41) is 2.03. The first-order valence-corrected chi connectivity index (χ1v) is 8.34. The Morgan fingerprint density at radius 2 is 1.95 bits per heavy atom. The van der Waals surface area contributed by atoms with E-state index in [1.54, 1.807) is 10.9 Å². The SMILES string of the molecule is O=c1c2scc(-c3ccccc3)c2ncn1C1CCOCC1. The molecule has 0 amide bonds. The predicted octanol–water partition coefficient (Wildman–Crippen LogP) is 3.48. The van der Waals surface area contributed by atoms with E-state index in [0.717, 1.165) is 47.4 Å². The van der Waals surface area contributed by atoms with Gasteiger partial charge < -0.3 is 4.74 Å². The number of rotatable bonds is 2. The molecule has 112 valence electrons. The molecular formula is C17H16N2O2S. The third kappa shape index (κ3) is 2.26. The molecule has 0 spiro atoms. The lowest BCUT2D eigenvalue weighted by Crippen LogP contribution is -2.28. The molecule has 2 aromatic heterocycles. The standard InChI is InChI=1S/C17H16N2O2S/c20-17-16-15(14(10-22-16)12-4-2-1-3-5-12)18-11-19(17)13-6-8-21-9-7-13/h1-5,10-11,13H,6-9H2. The lowest BCUT2D eigenvalue weighted by molar-refractivity contribution is 0.0685. The molecule has 5 heteroatoms. The highest BCUT2D eigenvalue weighted by atomic mass is 32.1. The molecule has 0 atom stereocenters. The highest BCUT2D eigenvalue weighted by Crippen LogP contribution is 2.31. The van der Waals surface area contributed by atoms with E-state index in [1.807, 2.05) is 35.7 Å². The van der Waals surface area contributed by atoms with Gasteiger partial charge in [-0.2, -0.15) is 0 Å². The van der Waals surface area contributed by atoms with Crippen LogP contribution in [0.5, 0.6) is 0 Å². The molecule has 22 heavy (non-hydrogen) atoms. The van der Waals surface area contributed by atoms with E-state index in [9.17, 15) is 4.79 Å². The van der Waals surface area contributed by atoms with Crippen molar-refractivity contribution in [3.8, 4) is 11.1 Å². The van der Waals surface area contributed by atoms with Gasteiger partial charge in [0.1, 0.15) is 4.70 Å². The minimum absolute atomic E-state index is 0.0732. The minimum Gasteiger partial charge on any atom is -0.381 e. The number of fused-ring (bicyclic) bond motifs is 1. The summed E-state index contributed by atoms with van der Waals surface area (Å²) in [7, 11) is 0. The summed E-state index contributed by atoms with van der Waals surface area (Å²) in [6.07, 6.45) is 3.47. The molecule has 1 aliphatic heterocycles. The van der Waals surface area contributed by atoms with Crippen molar-refractivity contribution in [3.63, 3.8) is 0 Å². The van der Waals surface area contributed by atoms with Gasteiger partial charge in [-0.3, -0.25) is 9.36 Å². The number of benzene rings is 1. The summed E-state index contributed by atoms with van der Waals surface area (Å²) in [5.74, 6) is 0. The Kier molecular flexibility index (Phi) is 3.52. The maximum atomic E-state index is 12.8. The number of hydrogen-bond donors (Lipinski definition) is 0. The number of thiophene rings is 1. The van der Waals surface area contributed by atoms with Gasteiger partial charge >= 0.3 is 0 Å². The molecular weight excluding hydrogens is 296 g/mol. The van der Waals surface area contributed by atoms with Crippen LogP contribution >= 0.6 is 11.3 Å². The minimum atomic E-state index is 0.0732. The van der Waals surface area contributed by atoms with Crippen LogP contribution in [0, 0.1) is 0 Å². The zero-order valence-electron chi connectivity index (χ0n) is 12.1. The number of hydrogen-bond acceptors (Lipinski definition) is 4. The van der Waals surface area contributed by atoms with E-state index in [4.69, 9.17) is 4.74 Å². The van der Waals surface area contributed by atoms with Crippen LogP contribution in [0.1, 0.15) is 18.9 Å². The molecule has 0 radical (unpaired) electrons. The molecule has 1 aliphatic rings. The van der Waals surface area contributed by atoms with Crippen molar-refractivity contribution in [1.29, 1.82) is 0 Å². The molecule has 4 rings (SSSR count). The summed E-state index contributed by atoms with van der Waals surface area (Å²) in [6.45, 7) is 1.43. The zero-order valence-corrected chi connectivity index (χ0v) is 12.9. The number of aromatic nitrogens is 2. The lowest BCUT2D eigenvalue weighted by atomic mass is 10.1. The lowest BCUT2D eigenvalue weighted by Gasteiger charge is -2.23. The van der Waals surface area contributed by atoms with Crippen LogP contribution in [0.3, 0.4) is 0 Å². The van der Waals surface area contributed by atoms with Crippen LogP contribution in [-0.4, -0.2) is 22.8 Å². The molecule has 1 saturated heterocycles. The topological polar surface area (TPSA) is 44.1 Å². The number of nitrogens with zero attached hydrogens (tertiary/aromatic N) is 2. The maximum absolute atomic E-state index is 12.8. The van der Waals surface area contributed by atoms with E-state index < -0.39 is 0 Å². The Morgan fingerprint density at radius 3 is 2.73 bits per heavy atom. The Balaban J connectivity index is 1.82. The Hall–Kier alpha value is -1.98. The van der Waals surface area contributed by atoms with Crippen molar-refractivity contribution in [2.24, 2.45) is 0 Å². The summed E-state index contributed by atoms with van der Waals surface area (Å²) >= 11 is 1.49. The van der Waals surface area contributed by atoms with Crippen molar-refractivity contribution >= 4 is 21.6 Å². The van der Waals surface area contributed by atoms with Gasteiger partial charge in [-0.05, 0) is 18.4 Å². The largest absolute Gasteiger partial charge is 0.381 e. The summed E-state index contributed by atoms with van der Waals surface area (Å²) in [4.78, 5) is 17.4. The fourth-order valence-electron chi connectivity index (χ4n) is 2.97. The van der Waals surface area contributed by atoms with E-state index in [1.165, 1.54) is 11.3 Å². The maximum Gasteiger partial charge on any atom is 0.271 e. The van der Waals surface area contributed by atoms with E-state index in [2.05, 4.69) is 4.98 Å². The highest BCUT2D eigenvalue weighted by Gasteiger charge is 2.19. The molecule has 0 aliphatic carbocycles. The van der Waals surface area contributed by atoms with Gasteiger partial charge in [0.2, 0.25) is 0 Å². The Bertz CT molecular complexity index is 848. The van der Waals surface area contributed by atoms with Crippen molar-refractivity contribution < 1.29 is 4.74 Å². The quantitative estimate of drug-likeness (QED) is 0.727. The summed E-state index contributed by atoms with van der Waals surface area (Å²) in [5.41, 5.74) is 3.02. The van der Waals surface area contributed by atoms with Crippen molar-refractivity contribution in [2.45, 2.75) is 18.9 Å². The monoisotopic (exact) mass is 312 g/mol. The summed E-state index contributed by atoms with van der Waals surface area (Å²) in [6, 6.07) is 10.3. The molecule has 0 N–H and O–H groups in total. The first-order valence-electron chi connectivity index (χ1n) is 7.46. The molecule has 1 fully saturated rings. The fourth-order valence-corrected chi connectivity index (χ4v) is 3.93. The second kappa shape index (κ2) is 5.66.